The van der Waals surface area contributed by atoms with Crippen molar-refractivity contribution in [2.45, 2.75) is 6.42 Å². The van der Waals surface area contributed by atoms with E-state index in [9.17, 15) is 4.79 Å². The standard InChI is InChI=1S/C19H13ClO3/c1-22-17-7-2-4-11-8-13(23-19(11)17)9-12-10-15-14(18(12)21)5-3-6-16(15)20/h2-9H,10H2,1H3/b12-9-. The molecule has 4 rings (SSSR count). The average Bonchev–Trinajstić information content (AvgIpc) is 3.10. The molecule has 4 heteroatoms. The van der Waals surface area contributed by atoms with E-state index in [0.29, 0.717) is 39.7 Å². The zero-order chi connectivity index (χ0) is 16.0. The molecule has 0 saturated carbocycles. The van der Waals surface area contributed by atoms with Crippen LogP contribution in [0.25, 0.3) is 17.0 Å². The van der Waals surface area contributed by atoms with Gasteiger partial charge in [-0.05, 0) is 29.8 Å². The Hall–Kier alpha value is -2.52. The van der Waals surface area contributed by atoms with E-state index in [1.807, 2.05) is 36.4 Å². The van der Waals surface area contributed by atoms with Crippen molar-refractivity contribution in [3.8, 4) is 5.75 Å². The number of carbonyl (C=O) groups is 1. The molecule has 0 radical (unpaired) electrons. The number of Topliss-reactive ketones (excluding diaryl/α,β-unsaturated/α-hetero) is 1. The number of halogens is 1. The Labute approximate surface area is 138 Å². The molecule has 0 bridgehead atoms. The number of furan rings is 1. The molecule has 0 amide bonds. The maximum atomic E-state index is 12.5. The molecule has 0 saturated heterocycles. The zero-order valence-electron chi connectivity index (χ0n) is 12.4. The quantitative estimate of drug-likeness (QED) is 0.628. The highest BCUT2D eigenvalue weighted by Gasteiger charge is 2.26. The van der Waals surface area contributed by atoms with Crippen LogP contribution in [0.3, 0.4) is 0 Å². The maximum Gasteiger partial charge on any atom is 0.189 e. The first-order valence-electron chi connectivity index (χ1n) is 7.26. The highest BCUT2D eigenvalue weighted by Crippen LogP contribution is 2.34. The summed E-state index contributed by atoms with van der Waals surface area (Å²) in [7, 11) is 1.61. The molecular weight excluding hydrogens is 312 g/mol. The van der Waals surface area contributed by atoms with Crippen LogP contribution in [0.5, 0.6) is 5.75 Å². The topological polar surface area (TPSA) is 39.4 Å². The molecular formula is C19H13ClO3. The van der Waals surface area contributed by atoms with Crippen LogP contribution in [0.15, 0.2) is 52.5 Å². The fourth-order valence-corrected chi connectivity index (χ4v) is 3.21. The second-order valence-electron chi connectivity index (χ2n) is 5.47. The zero-order valence-corrected chi connectivity index (χ0v) is 13.2. The molecule has 23 heavy (non-hydrogen) atoms. The van der Waals surface area contributed by atoms with E-state index in [-0.39, 0.29) is 5.78 Å². The molecule has 0 aliphatic heterocycles. The first-order chi connectivity index (χ1) is 11.2. The van der Waals surface area contributed by atoms with Crippen molar-refractivity contribution < 1.29 is 13.9 Å². The van der Waals surface area contributed by atoms with E-state index in [0.717, 1.165) is 10.9 Å². The lowest BCUT2D eigenvalue weighted by molar-refractivity contribution is 0.104. The Morgan fingerprint density at radius 2 is 2.04 bits per heavy atom. The van der Waals surface area contributed by atoms with Crippen molar-refractivity contribution in [2.24, 2.45) is 0 Å². The lowest BCUT2D eigenvalue weighted by atomic mass is 10.1. The maximum absolute atomic E-state index is 12.5. The van der Waals surface area contributed by atoms with Gasteiger partial charge in [0.05, 0.1) is 7.11 Å². The highest BCUT2D eigenvalue weighted by atomic mass is 35.5. The minimum absolute atomic E-state index is 0.00919. The molecule has 1 aliphatic rings. The van der Waals surface area contributed by atoms with Crippen molar-refractivity contribution in [1.82, 2.24) is 0 Å². The van der Waals surface area contributed by atoms with Gasteiger partial charge in [-0.15, -0.1) is 0 Å². The number of benzene rings is 2. The van der Waals surface area contributed by atoms with Gasteiger partial charge >= 0.3 is 0 Å². The fourth-order valence-electron chi connectivity index (χ4n) is 2.97. The number of carbonyl (C=O) groups excluding carboxylic acids is 1. The Morgan fingerprint density at radius 1 is 1.22 bits per heavy atom. The molecule has 2 aromatic carbocycles. The number of methoxy groups -OCH3 is 1. The van der Waals surface area contributed by atoms with Gasteiger partial charge in [0, 0.05) is 28.0 Å². The number of ether oxygens (including phenoxy) is 1. The predicted molar refractivity (Wildman–Crippen MR) is 90.2 cm³/mol. The Bertz CT molecular complexity index is 966. The van der Waals surface area contributed by atoms with E-state index < -0.39 is 0 Å². The second-order valence-corrected chi connectivity index (χ2v) is 5.88. The van der Waals surface area contributed by atoms with E-state index in [4.69, 9.17) is 20.8 Å². The third kappa shape index (κ3) is 2.25. The van der Waals surface area contributed by atoms with E-state index >= 15 is 0 Å². The summed E-state index contributed by atoms with van der Waals surface area (Å²) in [5.41, 5.74) is 2.94. The third-order valence-electron chi connectivity index (χ3n) is 4.09. The second kappa shape index (κ2) is 5.28. The van der Waals surface area contributed by atoms with Crippen LogP contribution < -0.4 is 4.74 Å². The summed E-state index contributed by atoms with van der Waals surface area (Å²) in [5.74, 6) is 1.32. The molecule has 0 N–H and O–H groups in total. The number of hydrogen-bond acceptors (Lipinski definition) is 3. The number of hydrogen-bond donors (Lipinski definition) is 0. The van der Waals surface area contributed by atoms with Crippen molar-refractivity contribution >= 4 is 34.4 Å². The Kier molecular flexibility index (Phi) is 3.24. The number of allylic oxidation sites excluding steroid dienone is 1. The largest absolute Gasteiger partial charge is 0.493 e. The van der Waals surface area contributed by atoms with Crippen molar-refractivity contribution in [3.63, 3.8) is 0 Å². The fraction of sp³-hybridized carbons (Fsp3) is 0.105. The highest BCUT2D eigenvalue weighted by molar-refractivity contribution is 6.33. The molecule has 0 fully saturated rings. The van der Waals surface area contributed by atoms with Crippen LogP contribution >= 0.6 is 11.6 Å². The van der Waals surface area contributed by atoms with Gasteiger partial charge in [-0.1, -0.05) is 35.9 Å². The van der Waals surface area contributed by atoms with Gasteiger partial charge in [0.25, 0.3) is 0 Å². The molecule has 0 unspecified atom stereocenters. The van der Waals surface area contributed by atoms with Crippen molar-refractivity contribution in [2.75, 3.05) is 7.11 Å². The lowest BCUT2D eigenvalue weighted by Crippen LogP contribution is -1.94. The van der Waals surface area contributed by atoms with Crippen LogP contribution in [0.2, 0.25) is 5.02 Å². The normalized spacial score (nSPS) is 15.4. The SMILES string of the molecule is COc1cccc2cc(/C=C3/Cc4c(Cl)cccc4C3=O)oc12. The average molecular weight is 325 g/mol. The Balaban J connectivity index is 1.78. The van der Waals surface area contributed by atoms with Gasteiger partial charge in [0.1, 0.15) is 5.76 Å². The van der Waals surface area contributed by atoms with Gasteiger partial charge in [-0.2, -0.15) is 0 Å². The molecule has 1 aromatic heterocycles. The smallest absolute Gasteiger partial charge is 0.189 e. The molecule has 114 valence electrons. The summed E-state index contributed by atoms with van der Waals surface area (Å²) in [6, 6.07) is 13.0. The molecule has 1 aliphatic carbocycles. The van der Waals surface area contributed by atoms with Gasteiger partial charge < -0.3 is 9.15 Å². The van der Waals surface area contributed by atoms with E-state index in [1.54, 1.807) is 19.3 Å². The van der Waals surface area contributed by atoms with Crippen LogP contribution in [0.4, 0.5) is 0 Å². The molecule has 0 spiro atoms. The summed E-state index contributed by atoms with van der Waals surface area (Å²) in [6.07, 6.45) is 2.32. The summed E-state index contributed by atoms with van der Waals surface area (Å²) in [4.78, 5) is 12.5. The summed E-state index contributed by atoms with van der Waals surface area (Å²) < 4.78 is 11.1. The minimum atomic E-state index is 0.00919. The number of rotatable bonds is 2. The van der Waals surface area contributed by atoms with E-state index in [1.165, 1.54) is 0 Å². The predicted octanol–water partition coefficient (Wildman–Crippen LogP) is 4.92. The van der Waals surface area contributed by atoms with Gasteiger partial charge in [-0.3, -0.25) is 4.79 Å². The third-order valence-corrected chi connectivity index (χ3v) is 4.44. The molecule has 3 aromatic rings. The number of para-hydroxylation sites is 1. The van der Waals surface area contributed by atoms with Crippen molar-refractivity contribution in [1.29, 1.82) is 0 Å². The first-order valence-corrected chi connectivity index (χ1v) is 7.64. The van der Waals surface area contributed by atoms with Gasteiger partial charge in [0.15, 0.2) is 17.1 Å². The monoisotopic (exact) mass is 324 g/mol. The molecule has 1 heterocycles. The van der Waals surface area contributed by atoms with E-state index in [2.05, 4.69) is 0 Å². The lowest BCUT2D eigenvalue weighted by Gasteiger charge is -1.98. The summed E-state index contributed by atoms with van der Waals surface area (Å²) >= 11 is 6.19. The molecule has 0 atom stereocenters. The van der Waals surface area contributed by atoms with Crippen molar-refractivity contribution in [3.05, 3.63) is 69.9 Å². The van der Waals surface area contributed by atoms with Gasteiger partial charge in [0.2, 0.25) is 0 Å². The number of fused-ring (bicyclic) bond motifs is 2. The van der Waals surface area contributed by atoms with Crippen LogP contribution in [-0.4, -0.2) is 12.9 Å². The first kappa shape index (κ1) is 14.1. The summed E-state index contributed by atoms with van der Waals surface area (Å²) in [5, 5.41) is 1.57. The Morgan fingerprint density at radius 3 is 2.83 bits per heavy atom. The molecule has 3 nitrogen and oxygen atoms in total. The van der Waals surface area contributed by atoms with Crippen LogP contribution in [0, 0.1) is 0 Å². The van der Waals surface area contributed by atoms with Crippen LogP contribution in [0.1, 0.15) is 21.7 Å². The number of ketones is 1. The van der Waals surface area contributed by atoms with Crippen LogP contribution in [-0.2, 0) is 6.42 Å². The summed E-state index contributed by atoms with van der Waals surface area (Å²) in [6.45, 7) is 0. The minimum Gasteiger partial charge on any atom is -0.493 e. The van der Waals surface area contributed by atoms with Gasteiger partial charge in [-0.25, -0.2) is 0 Å².